The fraction of sp³-hybridized carbons (Fsp3) is 0.579. The second-order valence-corrected chi connectivity index (χ2v) is 7.13. The van der Waals surface area contributed by atoms with Crippen LogP contribution in [0.25, 0.3) is 11.0 Å². The highest BCUT2D eigenvalue weighted by Gasteiger charge is 2.24. The van der Waals surface area contributed by atoms with E-state index in [1.54, 1.807) is 0 Å². The Hall–Kier alpha value is -1.92. The predicted octanol–water partition coefficient (Wildman–Crippen LogP) is 2.04. The van der Waals surface area contributed by atoms with Gasteiger partial charge in [-0.05, 0) is 62.4 Å². The van der Waals surface area contributed by atoms with Crippen LogP contribution in [0, 0.1) is 0 Å². The lowest BCUT2D eigenvalue weighted by Crippen LogP contribution is -2.42. The van der Waals surface area contributed by atoms with Gasteiger partial charge in [-0.15, -0.1) is 0 Å². The van der Waals surface area contributed by atoms with Crippen molar-refractivity contribution in [1.29, 1.82) is 0 Å². The first-order valence-corrected chi connectivity index (χ1v) is 9.32. The van der Waals surface area contributed by atoms with Crippen LogP contribution in [0.5, 0.6) is 0 Å². The number of nitrogens with one attached hydrogen (secondary N) is 2. The van der Waals surface area contributed by atoms with Crippen LogP contribution in [-0.4, -0.2) is 59.7 Å². The number of likely N-dealkylation sites (tertiary alicyclic amines) is 1. The standard InChI is InChI=1S/C19H26N4O2/c24-18(21-11-15-3-2-10-25-15)13-23-8-5-14(6-9-23)17-12-22-19-16(17)4-1-7-20-19/h1,4,7,12,14-15H,2-3,5-6,8-11,13H2,(H,20,22)(H,21,24). The lowest BCUT2D eigenvalue weighted by Gasteiger charge is -2.31. The average molecular weight is 342 g/mol. The summed E-state index contributed by atoms with van der Waals surface area (Å²) in [5.74, 6) is 0.661. The molecule has 0 aliphatic carbocycles. The fourth-order valence-corrected chi connectivity index (χ4v) is 4.01. The first-order chi connectivity index (χ1) is 12.3. The van der Waals surface area contributed by atoms with Crippen molar-refractivity contribution in [3.8, 4) is 0 Å². The number of amides is 1. The summed E-state index contributed by atoms with van der Waals surface area (Å²) in [6, 6.07) is 4.13. The molecule has 4 rings (SSSR count). The molecule has 2 aliphatic heterocycles. The summed E-state index contributed by atoms with van der Waals surface area (Å²) < 4.78 is 5.55. The van der Waals surface area contributed by atoms with Gasteiger partial charge in [0.2, 0.25) is 5.91 Å². The normalized spacial score (nSPS) is 22.5. The maximum atomic E-state index is 12.1. The van der Waals surface area contributed by atoms with Crippen LogP contribution in [0.1, 0.15) is 37.2 Å². The number of fused-ring (bicyclic) bond motifs is 1. The zero-order valence-corrected chi connectivity index (χ0v) is 14.5. The molecule has 2 fully saturated rings. The largest absolute Gasteiger partial charge is 0.376 e. The molecule has 2 N–H and O–H groups in total. The minimum Gasteiger partial charge on any atom is -0.376 e. The van der Waals surface area contributed by atoms with Gasteiger partial charge in [0, 0.05) is 30.9 Å². The summed E-state index contributed by atoms with van der Waals surface area (Å²) in [5, 5.41) is 4.25. The molecule has 134 valence electrons. The topological polar surface area (TPSA) is 70.2 Å². The zero-order chi connectivity index (χ0) is 17.1. The molecular formula is C19H26N4O2. The number of aromatic nitrogens is 2. The van der Waals surface area contributed by atoms with Crippen molar-refractivity contribution >= 4 is 16.9 Å². The Morgan fingerprint density at radius 1 is 1.36 bits per heavy atom. The van der Waals surface area contributed by atoms with Gasteiger partial charge in [0.15, 0.2) is 0 Å². The number of piperidine rings is 1. The second kappa shape index (κ2) is 7.54. The molecule has 0 bridgehead atoms. The summed E-state index contributed by atoms with van der Waals surface area (Å²) in [5.41, 5.74) is 2.33. The third-order valence-corrected chi connectivity index (χ3v) is 5.43. The monoisotopic (exact) mass is 342 g/mol. The van der Waals surface area contributed by atoms with E-state index in [1.807, 2.05) is 12.3 Å². The predicted molar refractivity (Wildman–Crippen MR) is 96.5 cm³/mol. The van der Waals surface area contributed by atoms with E-state index < -0.39 is 0 Å². The van der Waals surface area contributed by atoms with Crippen molar-refractivity contribution in [2.75, 3.05) is 32.8 Å². The van der Waals surface area contributed by atoms with Crippen LogP contribution in [0.4, 0.5) is 0 Å². The molecule has 1 amide bonds. The molecular weight excluding hydrogens is 316 g/mol. The fourth-order valence-electron chi connectivity index (χ4n) is 4.01. The second-order valence-electron chi connectivity index (χ2n) is 7.13. The Labute approximate surface area is 147 Å². The molecule has 1 atom stereocenters. The molecule has 0 radical (unpaired) electrons. The summed E-state index contributed by atoms with van der Waals surface area (Å²) in [7, 11) is 0. The van der Waals surface area contributed by atoms with Crippen LogP contribution in [-0.2, 0) is 9.53 Å². The average Bonchev–Trinajstić information content (AvgIpc) is 3.30. The highest BCUT2D eigenvalue weighted by Crippen LogP contribution is 2.32. The first kappa shape index (κ1) is 16.5. The molecule has 1 unspecified atom stereocenters. The number of ether oxygens (including phenoxy) is 1. The van der Waals surface area contributed by atoms with Crippen molar-refractivity contribution in [1.82, 2.24) is 20.2 Å². The Bertz CT molecular complexity index is 715. The number of nitrogens with zero attached hydrogens (tertiary/aromatic N) is 2. The summed E-state index contributed by atoms with van der Waals surface area (Å²) >= 11 is 0. The number of hydrogen-bond acceptors (Lipinski definition) is 4. The molecule has 0 spiro atoms. The maximum Gasteiger partial charge on any atom is 0.234 e. The highest BCUT2D eigenvalue weighted by molar-refractivity contribution is 5.80. The van der Waals surface area contributed by atoms with Crippen LogP contribution in [0.2, 0.25) is 0 Å². The van der Waals surface area contributed by atoms with E-state index in [2.05, 4.69) is 32.4 Å². The minimum atomic E-state index is 0.116. The van der Waals surface area contributed by atoms with Gasteiger partial charge in [-0.2, -0.15) is 0 Å². The molecule has 0 saturated carbocycles. The quantitative estimate of drug-likeness (QED) is 0.872. The minimum absolute atomic E-state index is 0.116. The van der Waals surface area contributed by atoms with E-state index in [0.717, 1.165) is 51.0 Å². The molecule has 2 aromatic rings. The molecule has 2 aromatic heterocycles. The lowest BCUT2D eigenvalue weighted by atomic mass is 9.89. The third-order valence-electron chi connectivity index (χ3n) is 5.43. The summed E-state index contributed by atoms with van der Waals surface area (Å²) in [6.45, 7) is 3.90. The molecule has 4 heterocycles. The first-order valence-electron chi connectivity index (χ1n) is 9.32. The molecule has 2 saturated heterocycles. The summed E-state index contributed by atoms with van der Waals surface area (Å²) in [4.78, 5) is 22.0. The number of carbonyl (C=O) groups excluding carboxylic acids is 1. The van der Waals surface area contributed by atoms with Crippen LogP contribution in [0.15, 0.2) is 24.5 Å². The number of aromatic amines is 1. The van der Waals surface area contributed by atoms with Gasteiger partial charge in [-0.25, -0.2) is 4.98 Å². The van der Waals surface area contributed by atoms with Crippen LogP contribution in [0.3, 0.4) is 0 Å². The maximum absolute atomic E-state index is 12.1. The van der Waals surface area contributed by atoms with Gasteiger partial charge >= 0.3 is 0 Å². The van der Waals surface area contributed by atoms with Gasteiger partial charge in [0.05, 0.1) is 12.6 Å². The highest BCUT2D eigenvalue weighted by atomic mass is 16.5. The van der Waals surface area contributed by atoms with Crippen molar-refractivity contribution < 1.29 is 9.53 Å². The van der Waals surface area contributed by atoms with E-state index in [-0.39, 0.29) is 12.0 Å². The molecule has 6 heteroatoms. The van der Waals surface area contributed by atoms with E-state index in [0.29, 0.717) is 19.0 Å². The Kier molecular flexibility index (Phi) is 4.99. The Morgan fingerprint density at radius 2 is 2.24 bits per heavy atom. The van der Waals surface area contributed by atoms with Gasteiger partial charge in [-0.3, -0.25) is 9.69 Å². The van der Waals surface area contributed by atoms with Crippen molar-refractivity contribution in [2.45, 2.75) is 37.7 Å². The molecule has 6 nitrogen and oxygen atoms in total. The van der Waals surface area contributed by atoms with E-state index >= 15 is 0 Å². The van der Waals surface area contributed by atoms with E-state index in [9.17, 15) is 4.79 Å². The molecule has 0 aromatic carbocycles. The molecule has 25 heavy (non-hydrogen) atoms. The van der Waals surface area contributed by atoms with Gasteiger partial charge < -0.3 is 15.0 Å². The van der Waals surface area contributed by atoms with Gasteiger partial charge in [0.25, 0.3) is 0 Å². The van der Waals surface area contributed by atoms with E-state index in [1.165, 1.54) is 10.9 Å². The number of rotatable bonds is 5. The number of carbonyl (C=O) groups is 1. The van der Waals surface area contributed by atoms with E-state index in [4.69, 9.17) is 4.74 Å². The Balaban J connectivity index is 1.26. The SMILES string of the molecule is O=C(CN1CCC(c2c[nH]c3ncccc23)CC1)NCC1CCCO1. The third kappa shape index (κ3) is 3.85. The van der Waals surface area contributed by atoms with Gasteiger partial charge in [0.1, 0.15) is 5.65 Å². The van der Waals surface area contributed by atoms with Crippen LogP contribution >= 0.6 is 0 Å². The smallest absolute Gasteiger partial charge is 0.234 e. The summed E-state index contributed by atoms with van der Waals surface area (Å²) in [6.07, 6.45) is 8.47. The van der Waals surface area contributed by atoms with Crippen molar-refractivity contribution in [3.63, 3.8) is 0 Å². The van der Waals surface area contributed by atoms with Crippen LogP contribution < -0.4 is 5.32 Å². The zero-order valence-electron chi connectivity index (χ0n) is 14.5. The Morgan fingerprint density at radius 3 is 3.04 bits per heavy atom. The number of hydrogen-bond donors (Lipinski definition) is 2. The van der Waals surface area contributed by atoms with Crippen molar-refractivity contribution in [3.05, 3.63) is 30.1 Å². The number of pyridine rings is 1. The lowest BCUT2D eigenvalue weighted by molar-refractivity contribution is -0.123. The molecule has 2 aliphatic rings. The van der Waals surface area contributed by atoms with Gasteiger partial charge in [-0.1, -0.05) is 0 Å². The number of H-pyrrole nitrogens is 1. The van der Waals surface area contributed by atoms with Crippen molar-refractivity contribution in [2.24, 2.45) is 0 Å².